The Morgan fingerprint density at radius 2 is 2.05 bits per heavy atom. The van der Waals surface area contributed by atoms with Crippen LogP contribution >= 0.6 is 0 Å². The minimum Gasteiger partial charge on any atom is -0.477 e. The van der Waals surface area contributed by atoms with Gasteiger partial charge in [0.2, 0.25) is 5.91 Å². The number of carboxylic acids is 1. The van der Waals surface area contributed by atoms with Gasteiger partial charge in [0.15, 0.2) is 0 Å². The number of hydrogen-bond acceptors (Lipinski definition) is 3. The second-order valence-electron chi connectivity index (χ2n) is 5.37. The summed E-state index contributed by atoms with van der Waals surface area (Å²) in [6.07, 6.45) is 3.57. The fraction of sp³-hybridized carbons (Fsp3) is 0.571. The zero-order chi connectivity index (χ0) is 14.7. The number of aromatic nitrogens is 1. The lowest BCUT2D eigenvalue weighted by Gasteiger charge is -2.35. The summed E-state index contributed by atoms with van der Waals surface area (Å²) in [5, 5.41) is 9.03. The van der Waals surface area contributed by atoms with Crippen molar-refractivity contribution in [2.45, 2.75) is 25.4 Å². The Hall–Kier alpha value is -1.82. The van der Waals surface area contributed by atoms with Crippen LogP contribution < -0.4 is 0 Å². The zero-order valence-corrected chi connectivity index (χ0v) is 12.0. The Morgan fingerprint density at radius 1 is 1.40 bits per heavy atom. The Labute approximate surface area is 118 Å². The average Bonchev–Trinajstić information content (AvgIpc) is 2.87. The number of aromatic carboxylic acids is 1. The molecule has 1 aliphatic rings. The molecule has 1 aromatic rings. The maximum Gasteiger partial charge on any atom is 0.352 e. The summed E-state index contributed by atoms with van der Waals surface area (Å²) in [5.74, 6) is -1.05. The minimum atomic E-state index is -1.01. The van der Waals surface area contributed by atoms with Crippen molar-refractivity contribution < 1.29 is 14.7 Å². The van der Waals surface area contributed by atoms with Crippen LogP contribution in [-0.2, 0) is 11.3 Å². The molecule has 1 amide bonds. The Bertz CT molecular complexity index is 490. The number of carbonyl (C=O) groups excluding carboxylic acids is 1. The van der Waals surface area contributed by atoms with Crippen molar-refractivity contribution >= 4 is 11.9 Å². The largest absolute Gasteiger partial charge is 0.477 e. The van der Waals surface area contributed by atoms with Crippen LogP contribution in [0.15, 0.2) is 18.3 Å². The highest BCUT2D eigenvalue weighted by molar-refractivity contribution is 5.86. The first-order chi connectivity index (χ1) is 9.49. The number of carbonyl (C=O) groups is 2. The molecule has 1 saturated heterocycles. The summed E-state index contributed by atoms with van der Waals surface area (Å²) in [4.78, 5) is 27.3. The number of likely N-dealkylation sites (N-methyl/N-ethyl adjacent to an activating group) is 1. The molecule has 0 atom stereocenters. The number of piperidine rings is 1. The van der Waals surface area contributed by atoms with E-state index in [4.69, 9.17) is 5.11 Å². The topological polar surface area (TPSA) is 65.8 Å². The lowest BCUT2D eigenvalue weighted by molar-refractivity contribution is -0.133. The highest BCUT2D eigenvalue weighted by atomic mass is 16.4. The summed E-state index contributed by atoms with van der Waals surface area (Å²) in [7, 11) is 3.89. The van der Waals surface area contributed by atoms with Crippen molar-refractivity contribution in [3.8, 4) is 0 Å². The second kappa shape index (κ2) is 6.09. The number of amides is 1. The highest BCUT2D eigenvalue weighted by Gasteiger charge is 2.24. The monoisotopic (exact) mass is 279 g/mol. The maximum atomic E-state index is 12.3. The van der Waals surface area contributed by atoms with E-state index in [2.05, 4.69) is 11.9 Å². The Balaban J connectivity index is 1.97. The van der Waals surface area contributed by atoms with Gasteiger partial charge in [-0.1, -0.05) is 0 Å². The Morgan fingerprint density at radius 3 is 2.65 bits per heavy atom. The van der Waals surface area contributed by atoms with Crippen LogP contribution in [0.25, 0.3) is 0 Å². The minimum absolute atomic E-state index is 0.0433. The average molecular weight is 279 g/mol. The third-order valence-corrected chi connectivity index (χ3v) is 3.98. The highest BCUT2D eigenvalue weighted by Crippen LogP contribution is 2.15. The zero-order valence-electron chi connectivity index (χ0n) is 12.0. The fourth-order valence-corrected chi connectivity index (χ4v) is 2.59. The molecule has 1 aliphatic heterocycles. The smallest absolute Gasteiger partial charge is 0.352 e. The summed E-state index contributed by atoms with van der Waals surface area (Å²) >= 11 is 0. The number of carboxylic acid groups (broad SMARTS) is 1. The molecule has 110 valence electrons. The molecule has 1 N–H and O–H groups in total. The van der Waals surface area contributed by atoms with Gasteiger partial charge in [0.1, 0.15) is 12.2 Å². The van der Waals surface area contributed by atoms with Gasteiger partial charge in [-0.25, -0.2) is 4.79 Å². The first-order valence-corrected chi connectivity index (χ1v) is 6.81. The van der Waals surface area contributed by atoms with Gasteiger partial charge < -0.3 is 19.5 Å². The molecule has 0 unspecified atom stereocenters. The summed E-state index contributed by atoms with van der Waals surface area (Å²) in [5.41, 5.74) is 0.148. The molecule has 2 rings (SSSR count). The van der Waals surface area contributed by atoms with Crippen LogP contribution in [0.3, 0.4) is 0 Å². The molecular formula is C14H21N3O3. The summed E-state index contributed by atoms with van der Waals surface area (Å²) in [6.45, 7) is 2.07. The van der Waals surface area contributed by atoms with Gasteiger partial charge in [-0.3, -0.25) is 4.79 Å². The van der Waals surface area contributed by atoms with E-state index in [0.717, 1.165) is 25.9 Å². The van der Waals surface area contributed by atoms with Gasteiger partial charge in [0, 0.05) is 19.3 Å². The van der Waals surface area contributed by atoms with Crippen molar-refractivity contribution in [1.29, 1.82) is 0 Å². The molecule has 6 nitrogen and oxygen atoms in total. The van der Waals surface area contributed by atoms with Gasteiger partial charge in [-0.2, -0.15) is 0 Å². The van der Waals surface area contributed by atoms with Crippen LogP contribution in [0.5, 0.6) is 0 Å². The second-order valence-corrected chi connectivity index (χ2v) is 5.37. The first-order valence-electron chi connectivity index (χ1n) is 6.81. The maximum absolute atomic E-state index is 12.3. The third-order valence-electron chi connectivity index (χ3n) is 3.98. The molecular weight excluding hydrogens is 258 g/mol. The number of nitrogens with zero attached hydrogens (tertiary/aromatic N) is 3. The molecule has 0 radical (unpaired) electrons. The van der Waals surface area contributed by atoms with E-state index >= 15 is 0 Å². The van der Waals surface area contributed by atoms with Crippen LogP contribution in [-0.4, -0.2) is 64.6 Å². The predicted molar refractivity (Wildman–Crippen MR) is 74.7 cm³/mol. The van der Waals surface area contributed by atoms with E-state index < -0.39 is 5.97 Å². The van der Waals surface area contributed by atoms with Gasteiger partial charge >= 0.3 is 5.97 Å². The lowest BCUT2D eigenvalue weighted by Crippen LogP contribution is -2.45. The molecule has 0 aromatic carbocycles. The van der Waals surface area contributed by atoms with Gasteiger partial charge in [-0.05, 0) is 45.1 Å². The quantitative estimate of drug-likeness (QED) is 0.883. The van der Waals surface area contributed by atoms with Crippen molar-refractivity contribution in [2.75, 3.05) is 27.2 Å². The van der Waals surface area contributed by atoms with Crippen molar-refractivity contribution in [1.82, 2.24) is 14.4 Å². The van der Waals surface area contributed by atoms with E-state index in [1.165, 1.54) is 10.6 Å². The van der Waals surface area contributed by atoms with Crippen LogP contribution in [0.4, 0.5) is 0 Å². The van der Waals surface area contributed by atoms with Crippen molar-refractivity contribution in [3.05, 3.63) is 24.0 Å². The van der Waals surface area contributed by atoms with E-state index in [0.29, 0.717) is 0 Å². The van der Waals surface area contributed by atoms with E-state index in [1.54, 1.807) is 17.2 Å². The molecule has 0 saturated carbocycles. The molecule has 1 fully saturated rings. The van der Waals surface area contributed by atoms with E-state index in [9.17, 15) is 9.59 Å². The van der Waals surface area contributed by atoms with Crippen molar-refractivity contribution in [2.24, 2.45) is 0 Å². The normalized spacial score (nSPS) is 17.1. The summed E-state index contributed by atoms with van der Waals surface area (Å²) in [6, 6.07) is 3.40. The Kier molecular flexibility index (Phi) is 4.44. The van der Waals surface area contributed by atoms with Gasteiger partial charge in [0.25, 0.3) is 0 Å². The van der Waals surface area contributed by atoms with Crippen molar-refractivity contribution in [3.63, 3.8) is 0 Å². The van der Waals surface area contributed by atoms with Crippen LogP contribution in [0.2, 0.25) is 0 Å². The molecule has 0 bridgehead atoms. The van der Waals surface area contributed by atoms with Crippen LogP contribution in [0.1, 0.15) is 23.3 Å². The molecule has 6 heteroatoms. The number of likely N-dealkylation sites (tertiary alicyclic amines) is 1. The van der Waals surface area contributed by atoms with Gasteiger partial charge in [0.05, 0.1) is 0 Å². The predicted octanol–water partition coefficient (Wildman–Crippen LogP) is 0.739. The van der Waals surface area contributed by atoms with Crippen LogP contribution in [0, 0.1) is 0 Å². The number of hydrogen-bond donors (Lipinski definition) is 1. The van der Waals surface area contributed by atoms with Gasteiger partial charge in [-0.15, -0.1) is 0 Å². The lowest BCUT2D eigenvalue weighted by atomic mass is 10.0. The molecule has 20 heavy (non-hydrogen) atoms. The number of rotatable bonds is 4. The molecule has 2 heterocycles. The first kappa shape index (κ1) is 14.6. The summed E-state index contributed by atoms with van der Waals surface area (Å²) < 4.78 is 1.48. The van der Waals surface area contributed by atoms with E-state index in [-0.39, 0.29) is 24.2 Å². The standard InChI is InChI=1S/C14H21N3O3/c1-15-8-5-11(6-9-15)16(2)13(18)10-17-7-3-4-12(17)14(19)20/h3-4,7,11H,5-6,8-10H2,1-2H3,(H,19,20). The third kappa shape index (κ3) is 3.19. The molecule has 0 spiro atoms. The molecule has 1 aromatic heterocycles. The fourth-order valence-electron chi connectivity index (χ4n) is 2.59. The van der Waals surface area contributed by atoms with E-state index in [1.807, 2.05) is 7.05 Å². The SMILES string of the molecule is CN1CCC(N(C)C(=O)Cn2cccc2C(=O)O)CC1. The molecule has 0 aliphatic carbocycles.